The van der Waals surface area contributed by atoms with E-state index in [2.05, 4.69) is 15.0 Å². The topological polar surface area (TPSA) is 102 Å². The fraction of sp³-hybridized carbons (Fsp3) is 0.261. The lowest BCUT2D eigenvalue weighted by atomic mass is 9.84. The van der Waals surface area contributed by atoms with E-state index in [0.717, 1.165) is 12.1 Å². The molecule has 180 valence electrons. The molecule has 2 N–H and O–H groups in total. The van der Waals surface area contributed by atoms with Gasteiger partial charge in [0.1, 0.15) is 11.5 Å². The van der Waals surface area contributed by atoms with Crippen LogP contribution in [-0.4, -0.2) is 28.9 Å². The number of hydrogen-bond donors (Lipinski definition) is 2. The van der Waals surface area contributed by atoms with E-state index in [1.54, 1.807) is 6.07 Å². The van der Waals surface area contributed by atoms with E-state index < -0.39 is 34.7 Å². The van der Waals surface area contributed by atoms with Crippen LogP contribution in [0.2, 0.25) is 0 Å². The summed E-state index contributed by atoms with van der Waals surface area (Å²) < 4.78 is 47.6. The monoisotopic (exact) mass is 477 g/mol. The number of nitrogens with zero attached hydrogens (tertiary/aromatic N) is 1. The molecule has 1 heterocycles. The summed E-state index contributed by atoms with van der Waals surface area (Å²) in [7, 11) is 1.40. The number of aromatic nitrogens is 2. The number of benzene rings is 2. The molecule has 0 aliphatic heterocycles. The maximum absolute atomic E-state index is 13.2. The highest BCUT2D eigenvalue weighted by molar-refractivity contribution is 6.07. The quantitative estimate of drug-likeness (QED) is 0.579. The Morgan fingerprint density at radius 2 is 1.68 bits per heavy atom. The molecule has 34 heavy (non-hydrogen) atoms. The summed E-state index contributed by atoms with van der Waals surface area (Å²) in [6.07, 6.45) is -3.54. The molecule has 8 nitrogen and oxygen atoms in total. The first kappa shape index (κ1) is 24.6. The van der Waals surface area contributed by atoms with Crippen LogP contribution in [0.15, 0.2) is 58.3 Å². The van der Waals surface area contributed by atoms with Gasteiger partial charge in [-0.1, -0.05) is 20.8 Å². The first-order valence-corrected chi connectivity index (χ1v) is 10.0. The largest absolute Gasteiger partial charge is 0.573 e. The molecule has 0 spiro atoms. The van der Waals surface area contributed by atoms with Crippen LogP contribution in [0.5, 0.6) is 11.5 Å². The highest BCUT2D eigenvalue weighted by Crippen LogP contribution is 2.36. The number of halogens is 3. The standard InChI is InChI=1S/C23H22F3N3O5/c1-22(2,3)17-12-14(29-10-9-18(30)28-21(29)32)11-16(19(17)33-4)20(31)27-13-5-7-15(8-6-13)34-23(24,25)26/h5-12H,1-4H3,(H,27,31)(H,28,30,32). The average Bonchev–Trinajstić information content (AvgIpc) is 2.72. The molecule has 0 atom stereocenters. The molecule has 2 aromatic carbocycles. The number of rotatable bonds is 5. The fourth-order valence-corrected chi connectivity index (χ4v) is 3.26. The Morgan fingerprint density at radius 1 is 1.03 bits per heavy atom. The summed E-state index contributed by atoms with van der Waals surface area (Å²) in [5.74, 6) is -0.785. The SMILES string of the molecule is COc1c(C(=O)Nc2ccc(OC(F)(F)F)cc2)cc(-n2ccc(=O)[nH]c2=O)cc1C(C)(C)C. The van der Waals surface area contributed by atoms with Crippen molar-refractivity contribution in [2.45, 2.75) is 32.5 Å². The van der Waals surface area contributed by atoms with Crippen LogP contribution in [0.1, 0.15) is 36.7 Å². The maximum Gasteiger partial charge on any atom is 0.573 e. The summed E-state index contributed by atoms with van der Waals surface area (Å²) in [6.45, 7) is 5.68. The summed E-state index contributed by atoms with van der Waals surface area (Å²) in [5.41, 5.74) is -0.538. The number of ether oxygens (including phenoxy) is 2. The number of hydrogen-bond acceptors (Lipinski definition) is 5. The fourth-order valence-electron chi connectivity index (χ4n) is 3.26. The van der Waals surface area contributed by atoms with E-state index in [1.807, 2.05) is 20.8 Å². The first-order valence-electron chi connectivity index (χ1n) is 10.0. The smallest absolute Gasteiger partial charge is 0.496 e. The third-order valence-corrected chi connectivity index (χ3v) is 4.78. The van der Waals surface area contributed by atoms with Crippen molar-refractivity contribution >= 4 is 11.6 Å². The number of carbonyl (C=O) groups is 1. The zero-order valence-corrected chi connectivity index (χ0v) is 18.7. The molecular weight excluding hydrogens is 455 g/mol. The van der Waals surface area contributed by atoms with Crippen molar-refractivity contribution < 1.29 is 27.4 Å². The highest BCUT2D eigenvalue weighted by atomic mass is 19.4. The van der Waals surface area contributed by atoms with E-state index in [0.29, 0.717) is 11.3 Å². The summed E-state index contributed by atoms with van der Waals surface area (Å²) in [5, 5.41) is 2.60. The predicted octanol–water partition coefficient (Wildman–Crippen LogP) is 3.98. The molecule has 3 aromatic rings. The lowest BCUT2D eigenvalue weighted by Crippen LogP contribution is -2.28. The average molecular weight is 477 g/mol. The van der Waals surface area contributed by atoms with E-state index in [9.17, 15) is 27.6 Å². The van der Waals surface area contributed by atoms with Crippen molar-refractivity contribution in [2.24, 2.45) is 0 Å². The number of carbonyl (C=O) groups excluding carboxylic acids is 1. The molecule has 0 aliphatic carbocycles. The van der Waals surface area contributed by atoms with Crippen molar-refractivity contribution in [3.8, 4) is 17.2 Å². The lowest BCUT2D eigenvalue weighted by molar-refractivity contribution is -0.274. The van der Waals surface area contributed by atoms with Crippen LogP contribution in [-0.2, 0) is 5.41 Å². The first-order chi connectivity index (χ1) is 15.8. The number of H-pyrrole nitrogens is 1. The van der Waals surface area contributed by atoms with Gasteiger partial charge in [0.25, 0.3) is 11.5 Å². The Labute approximate surface area is 192 Å². The van der Waals surface area contributed by atoms with Crippen LogP contribution < -0.4 is 26.0 Å². The molecule has 0 radical (unpaired) electrons. The predicted molar refractivity (Wildman–Crippen MR) is 119 cm³/mol. The molecule has 1 aromatic heterocycles. The molecule has 0 saturated heterocycles. The number of amides is 1. The minimum absolute atomic E-state index is 0.0821. The van der Waals surface area contributed by atoms with Crippen molar-refractivity contribution in [3.63, 3.8) is 0 Å². The van der Waals surface area contributed by atoms with Crippen molar-refractivity contribution in [2.75, 3.05) is 12.4 Å². The van der Waals surface area contributed by atoms with Gasteiger partial charge in [0.05, 0.1) is 18.4 Å². The second kappa shape index (κ2) is 9.08. The minimum atomic E-state index is -4.83. The van der Waals surface area contributed by atoms with Crippen LogP contribution in [0.3, 0.4) is 0 Å². The number of nitrogens with one attached hydrogen (secondary N) is 2. The number of alkyl halides is 3. The Morgan fingerprint density at radius 3 is 2.21 bits per heavy atom. The number of aromatic amines is 1. The van der Waals surface area contributed by atoms with E-state index >= 15 is 0 Å². The Bertz CT molecular complexity index is 1320. The second-order valence-corrected chi connectivity index (χ2v) is 8.33. The number of anilines is 1. The van der Waals surface area contributed by atoms with Gasteiger partial charge >= 0.3 is 12.1 Å². The molecule has 0 aliphatic rings. The highest BCUT2D eigenvalue weighted by Gasteiger charge is 2.31. The van der Waals surface area contributed by atoms with Gasteiger partial charge in [-0.05, 0) is 41.8 Å². The minimum Gasteiger partial charge on any atom is -0.496 e. The van der Waals surface area contributed by atoms with E-state index in [1.165, 1.54) is 42.1 Å². The Kier molecular flexibility index (Phi) is 6.58. The molecule has 1 amide bonds. The van der Waals surface area contributed by atoms with Crippen LogP contribution >= 0.6 is 0 Å². The zero-order valence-electron chi connectivity index (χ0n) is 18.7. The third kappa shape index (κ3) is 5.66. The summed E-state index contributed by atoms with van der Waals surface area (Å²) >= 11 is 0. The van der Waals surface area contributed by atoms with Gasteiger partial charge in [-0.25, -0.2) is 4.79 Å². The normalized spacial score (nSPS) is 11.7. The van der Waals surface area contributed by atoms with Crippen molar-refractivity contribution in [1.82, 2.24) is 9.55 Å². The maximum atomic E-state index is 13.2. The van der Waals surface area contributed by atoms with Gasteiger partial charge in [0.2, 0.25) is 0 Å². The van der Waals surface area contributed by atoms with Gasteiger partial charge in [-0.2, -0.15) is 0 Å². The van der Waals surface area contributed by atoms with Crippen LogP contribution in [0, 0.1) is 0 Å². The second-order valence-electron chi connectivity index (χ2n) is 8.33. The Balaban J connectivity index is 2.06. The lowest BCUT2D eigenvalue weighted by Gasteiger charge is -2.25. The van der Waals surface area contributed by atoms with Crippen molar-refractivity contribution in [3.05, 3.63) is 80.6 Å². The molecule has 0 saturated carbocycles. The summed E-state index contributed by atoms with van der Waals surface area (Å²) in [6, 6.07) is 8.92. The molecule has 0 bridgehead atoms. The van der Waals surface area contributed by atoms with Gasteiger partial charge in [-0.3, -0.25) is 19.1 Å². The van der Waals surface area contributed by atoms with Crippen LogP contribution in [0.4, 0.5) is 18.9 Å². The third-order valence-electron chi connectivity index (χ3n) is 4.78. The molecular formula is C23H22F3N3O5. The van der Waals surface area contributed by atoms with E-state index in [-0.39, 0.29) is 17.0 Å². The zero-order chi connectivity index (χ0) is 25.3. The van der Waals surface area contributed by atoms with Crippen LogP contribution in [0.25, 0.3) is 5.69 Å². The van der Waals surface area contributed by atoms with Crippen molar-refractivity contribution in [1.29, 1.82) is 0 Å². The molecule has 3 rings (SSSR count). The molecule has 11 heteroatoms. The van der Waals surface area contributed by atoms with Gasteiger partial charge < -0.3 is 14.8 Å². The van der Waals surface area contributed by atoms with Gasteiger partial charge in [0, 0.05) is 23.5 Å². The summed E-state index contributed by atoms with van der Waals surface area (Å²) in [4.78, 5) is 39.1. The van der Waals surface area contributed by atoms with E-state index in [4.69, 9.17) is 4.74 Å². The Hall–Kier alpha value is -4.02. The number of methoxy groups -OCH3 is 1. The van der Waals surface area contributed by atoms with Gasteiger partial charge in [0.15, 0.2) is 0 Å². The van der Waals surface area contributed by atoms with Gasteiger partial charge in [-0.15, -0.1) is 13.2 Å². The molecule has 0 fully saturated rings. The molecule has 0 unspecified atom stereocenters.